The van der Waals surface area contributed by atoms with Crippen LogP contribution in [0.5, 0.6) is 0 Å². The van der Waals surface area contributed by atoms with Gasteiger partial charge in [0.1, 0.15) is 0 Å². The number of nitrogens with zero attached hydrogens (tertiary/aromatic N) is 4. The average Bonchev–Trinajstić information content (AvgIpc) is 3.15. The molecule has 7 nitrogen and oxygen atoms in total. The van der Waals surface area contributed by atoms with Gasteiger partial charge in [-0.15, -0.1) is 5.10 Å². The van der Waals surface area contributed by atoms with Crippen molar-refractivity contribution < 1.29 is 9.90 Å². The molecule has 0 saturated carbocycles. The third-order valence-corrected chi connectivity index (χ3v) is 3.67. The number of benzene rings is 1. The first kappa shape index (κ1) is 13.7. The van der Waals surface area contributed by atoms with Crippen LogP contribution in [0, 0.1) is 0 Å². The molecule has 0 aliphatic carbocycles. The highest BCUT2D eigenvalue weighted by atomic mass is 16.3. The Morgan fingerprint density at radius 1 is 1.38 bits per heavy atom. The first-order valence-corrected chi connectivity index (χ1v) is 6.80. The van der Waals surface area contributed by atoms with Crippen LogP contribution in [0.25, 0.3) is 5.69 Å². The van der Waals surface area contributed by atoms with Gasteiger partial charge < -0.3 is 15.3 Å². The Balaban J connectivity index is 1.78. The van der Waals surface area contributed by atoms with E-state index in [-0.39, 0.29) is 17.6 Å². The Bertz CT molecular complexity index is 627. The Kier molecular flexibility index (Phi) is 3.68. The SMILES string of the molecule is CN(C(=O)c1cnn(-c2ccccc2)n1)[C@H]1CNC[C@@H]1O. The third kappa shape index (κ3) is 2.65. The van der Waals surface area contributed by atoms with Crippen LogP contribution >= 0.6 is 0 Å². The van der Waals surface area contributed by atoms with Crippen LogP contribution in [0.3, 0.4) is 0 Å². The highest BCUT2D eigenvalue weighted by Crippen LogP contribution is 2.11. The molecule has 2 heterocycles. The fourth-order valence-electron chi connectivity index (χ4n) is 2.42. The van der Waals surface area contributed by atoms with E-state index in [0.29, 0.717) is 13.1 Å². The first-order valence-electron chi connectivity index (χ1n) is 6.80. The normalized spacial score (nSPS) is 21.4. The summed E-state index contributed by atoms with van der Waals surface area (Å²) in [5.74, 6) is -0.245. The van der Waals surface area contributed by atoms with Gasteiger partial charge in [0.05, 0.1) is 24.0 Å². The van der Waals surface area contributed by atoms with Crippen LogP contribution in [-0.4, -0.2) is 63.2 Å². The number of rotatable bonds is 3. The lowest BCUT2D eigenvalue weighted by atomic mass is 10.2. The van der Waals surface area contributed by atoms with Crippen molar-refractivity contribution in [1.82, 2.24) is 25.2 Å². The quantitative estimate of drug-likeness (QED) is 0.808. The van der Waals surface area contributed by atoms with Crippen molar-refractivity contribution in [3.63, 3.8) is 0 Å². The fraction of sp³-hybridized carbons (Fsp3) is 0.357. The second kappa shape index (κ2) is 5.63. The van der Waals surface area contributed by atoms with Gasteiger partial charge in [-0.3, -0.25) is 4.79 Å². The van der Waals surface area contributed by atoms with Crippen LogP contribution in [0.4, 0.5) is 0 Å². The van der Waals surface area contributed by atoms with E-state index in [1.165, 1.54) is 15.9 Å². The minimum Gasteiger partial charge on any atom is -0.390 e. The van der Waals surface area contributed by atoms with E-state index < -0.39 is 6.10 Å². The molecule has 1 amide bonds. The van der Waals surface area contributed by atoms with E-state index in [2.05, 4.69) is 15.5 Å². The number of aliphatic hydroxyl groups excluding tert-OH is 1. The summed E-state index contributed by atoms with van der Waals surface area (Å²) < 4.78 is 0. The summed E-state index contributed by atoms with van der Waals surface area (Å²) in [6.07, 6.45) is 0.892. The van der Waals surface area contributed by atoms with Gasteiger partial charge in [0.2, 0.25) is 0 Å². The van der Waals surface area contributed by atoms with Crippen molar-refractivity contribution in [2.75, 3.05) is 20.1 Å². The number of likely N-dealkylation sites (N-methyl/N-ethyl adjacent to an activating group) is 1. The number of aromatic nitrogens is 3. The monoisotopic (exact) mass is 287 g/mol. The zero-order chi connectivity index (χ0) is 14.8. The maximum absolute atomic E-state index is 12.4. The number of β-amino-alcohol motifs (C(OH)–C–C–N with tert-alkyl or cyclic N) is 1. The Morgan fingerprint density at radius 2 is 2.14 bits per heavy atom. The molecule has 1 fully saturated rings. The smallest absolute Gasteiger partial charge is 0.276 e. The van der Waals surface area contributed by atoms with Gasteiger partial charge in [-0.1, -0.05) is 18.2 Å². The molecule has 1 aliphatic rings. The number of nitrogens with one attached hydrogen (secondary N) is 1. The van der Waals surface area contributed by atoms with Crippen LogP contribution in [0.2, 0.25) is 0 Å². The van der Waals surface area contributed by atoms with E-state index in [1.807, 2.05) is 30.3 Å². The van der Waals surface area contributed by atoms with Crippen LogP contribution < -0.4 is 5.32 Å². The standard InChI is InChI=1S/C14H17N5O2/c1-18(12-8-15-9-13(12)20)14(21)11-7-16-19(17-11)10-5-3-2-4-6-10/h2-7,12-13,15,20H,8-9H2,1H3/t12-,13-/m0/s1. The molecule has 0 spiro atoms. The van der Waals surface area contributed by atoms with Crippen molar-refractivity contribution in [1.29, 1.82) is 0 Å². The van der Waals surface area contributed by atoms with E-state index in [9.17, 15) is 9.90 Å². The topological polar surface area (TPSA) is 83.3 Å². The summed E-state index contributed by atoms with van der Waals surface area (Å²) in [6.45, 7) is 1.08. The molecular formula is C14H17N5O2. The van der Waals surface area contributed by atoms with Crippen LogP contribution in [0.1, 0.15) is 10.5 Å². The highest BCUT2D eigenvalue weighted by molar-refractivity contribution is 5.92. The summed E-state index contributed by atoms with van der Waals surface area (Å²) in [6, 6.07) is 9.16. The average molecular weight is 287 g/mol. The zero-order valence-corrected chi connectivity index (χ0v) is 11.7. The maximum atomic E-state index is 12.4. The van der Waals surface area contributed by atoms with E-state index in [4.69, 9.17) is 0 Å². The summed E-state index contributed by atoms with van der Waals surface area (Å²) in [5.41, 5.74) is 1.06. The number of hydrogen-bond acceptors (Lipinski definition) is 5. The molecule has 110 valence electrons. The van der Waals surface area contributed by atoms with Crippen molar-refractivity contribution in [2.45, 2.75) is 12.1 Å². The minimum absolute atomic E-state index is 0.237. The first-order chi connectivity index (χ1) is 10.2. The molecule has 0 bridgehead atoms. The lowest BCUT2D eigenvalue weighted by Gasteiger charge is -2.25. The number of carbonyl (C=O) groups excluding carboxylic acids is 1. The van der Waals surface area contributed by atoms with Crippen molar-refractivity contribution >= 4 is 5.91 Å². The molecule has 3 rings (SSSR count). The molecule has 0 radical (unpaired) electrons. The van der Waals surface area contributed by atoms with Gasteiger partial charge in [-0.05, 0) is 12.1 Å². The molecule has 21 heavy (non-hydrogen) atoms. The number of para-hydroxylation sites is 1. The number of hydrogen-bond donors (Lipinski definition) is 2. The molecular weight excluding hydrogens is 270 g/mol. The predicted molar refractivity (Wildman–Crippen MR) is 76.1 cm³/mol. The summed E-state index contributed by atoms with van der Waals surface area (Å²) in [4.78, 5) is 15.3. The van der Waals surface area contributed by atoms with Gasteiger partial charge in [0, 0.05) is 20.1 Å². The van der Waals surface area contributed by atoms with Crippen molar-refractivity contribution in [3.05, 3.63) is 42.2 Å². The van der Waals surface area contributed by atoms with Crippen LogP contribution in [0.15, 0.2) is 36.5 Å². The van der Waals surface area contributed by atoms with E-state index in [1.54, 1.807) is 7.05 Å². The summed E-state index contributed by atoms with van der Waals surface area (Å²) >= 11 is 0. The largest absolute Gasteiger partial charge is 0.390 e. The lowest BCUT2D eigenvalue weighted by molar-refractivity contribution is 0.0575. The van der Waals surface area contributed by atoms with E-state index >= 15 is 0 Å². The van der Waals surface area contributed by atoms with Gasteiger partial charge >= 0.3 is 0 Å². The molecule has 2 atom stereocenters. The van der Waals surface area contributed by atoms with Gasteiger partial charge in [0.25, 0.3) is 5.91 Å². The summed E-state index contributed by atoms with van der Waals surface area (Å²) in [7, 11) is 1.67. The maximum Gasteiger partial charge on any atom is 0.276 e. The highest BCUT2D eigenvalue weighted by Gasteiger charge is 2.32. The third-order valence-electron chi connectivity index (χ3n) is 3.67. The molecule has 1 aliphatic heterocycles. The lowest BCUT2D eigenvalue weighted by Crippen LogP contribution is -2.44. The predicted octanol–water partition coefficient (Wildman–Crippen LogP) is -0.328. The molecule has 1 aromatic carbocycles. The molecule has 7 heteroatoms. The summed E-state index contributed by atoms with van der Waals surface area (Å²) in [5, 5.41) is 21.2. The van der Waals surface area contributed by atoms with Gasteiger partial charge in [0.15, 0.2) is 5.69 Å². The fourth-order valence-corrected chi connectivity index (χ4v) is 2.42. The molecule has 2 aromatic rings. The van der Waals surface area contributed by atoms with E-state index in [0.717, 1.165) is 5.69 Å². The second-order valence-corrected chi connectivity index (χ2v) is 5.06. The number of amides is 1. The Morgan fingerprint density at radius 3 is 2.81 bits per heavy atom. The zero-order valence-electron chi connectivity index (χ0n) is 11.7. The second-order valence-electron chi connectivity index (χ2n) is 5.06. The number of aliphatic hydroxyl groups is 1. The van der Waals surface area contributed by atoms with Crippen molar-refractivity contribution in [3.8, 4) is 5.69 Å². The molecule has 2 N–H and O–H groups in total. The number of carbonyl (C=O) groups is 1. The van der Waals surface area contributed by atoms with Gasteiger partial charge in [-0.25, -0.2) is 0 Å². The minimum atomic E-state index is -0.553. The molecule has 1 saturated heterocycles. The molecule has 1 aromatic heterocycles. The van der Waals surface area contributed by atoms with Crippen molar-refractivity contribution in [2.24, 2.45) is 0 Å². The Hall–Kier alpha value is -2.25. The van der Waals surface area contributed by atoms with Crippen LogP contribution in [-0.2, 0) is 0 Å². The molecule has 0 unspecified atom stereocenters. The van der Waals surface area contributed by atoms with Gasteiger partial charge in [-0.2, -0.15) is 9.90 Å². The Labute approximate surface area is 122 Å².